The SMILES string of the molecule is C=C1OCCNCCO1. The minimum absolute atomic E-state index is 0.441. The normalized spacial score (nSPS) is 21.1. The molecule has 1 heterocycles. The topological polar surface area (TPSA) is 30.5 Å². The fraction of sp³-hybridized carbons (Fsp3) is 0.667. The fourth-order valence-corrected chi connectivity index (χ4v) is 0.641. The van der Waals surface area contributed by atoms with E-state index in [-0.39, 0.29) is 0 Å². The highest BCUT2D eigenvalue weighted by molar-refractivity contribution is 4.69. The molecule has 0 unspecified atom stereocenters. The summed E-state index contributed by atoms with van der Waals surface area (Å²) in [4.78, 5) is 0. The first-order valence-corrected chi connectivity index (χ1v) is 3.05. The number of nitrogens with one attached hydrogen (secondary N) is 1. The first-order chi connectivity index (χ1) is 4.39. The molecule has 0 radical (unpaired) electrons. The molecule has 9 heavy (non-hydrogen) atoms. The summed E-state index contributed by atoms with van der Waals surface area (Å²) in [5.41, 5.74) is 0. The Morgan fingerprint density at radius 3 is 2.33 bits per heavy atom. The Kier molecular flexibility index (Phi) is 2.39. The zero-order valence-corrected chi connectivity index (χ0v) is 5.35. The minimum Gasteiger partial charge on any atom is -0.465 e. The van der Waals surface area contributed by atoms with Gasteiger partial charge in [0, 0.05) is 13.1 Å². The second-order valence-electron chi connectivity index (χ2n) is 1.82. The molecule has 52 valence electrons. The third-order valence-corrected chi connectivity index (χ3v) is 1.08. The number of hydrogen-bond acceptors (Lipinski definition) is 3. The van der Waals surface area contributed by atoms with Crippen LogP contribution < -0.4 is 5.32 Å². The highest BCUT2D eigenvalue weighted by atomic mass is 16.7. The molecule has 3 heteroatoms. The summed E-state index contributed by atoms with van der Waals surface area (Å²) in [7, 11) is 0. The van der Waals surface area contributed by atoms with Gasteiger partial charge in [-0.25, -0.2) is 0 Å². The molecule has 3 nitrogen and oxygen atoms in total. The van der Waals surface area contributed by atoms with Gasteiger partial charge in [0.2, 0.25) is 0 Å². The molecule has 0 atom stereocenters. The molecule has 0 aromatic heterocycles. The van der Waals surface area contributed by atoms with E-state index in [9.17, 15) is 0 Å². The van der Waals surface area contributed by atoms with Crippen molar-refractivity contribution in [3.8, 4) is 0 Å². The standard InChI is InChI=1S/C6H11NO2/c1-6-8-4-2-7-3-5-9-6/h7H,1-5H2. The van der Waals surface area contributed by atoms with Gasteiger partial charge in [0.15, 0.2) is 0 Å². The Morgan fingerprint density at radius 1 is 1.22 bits per heavy atom. The highest BCUT2D eigenvalue weighted by Crippen LogP contribution is 1.95. The molecule has 0 aliphatic carbocycles. The van der Waals surface area contributed by atoms with Gasteiger partial charge >= 0.3 is 0 Å². The maximum absolute atomic E-state index is 5.00. The van der Waals surface area contributed by atoms with Gasteiger partial charge in [-0.1, -0.05) is 0 Å². The zero-order chi connectivity index (χ0) is 6.53. The van der Waals surface area contributed by atoms with Crippen LogP contribution in [0.3, 0.4) is 0 Å². The molecule has 1 rings (SSSR count). The summed E-state index contributed by atoms with van der Waals surface area (Å²) in [5.74, 6) is 0.441. The third kappa shape index (κ3) is 2.37. The molecular formula is C6H11NO2. The van der Waals surface area contributed by atoms with E-state index >= 15 is 0 Å². The quantitative estimate of drug-likeness (QED) is 0.503. The van der Waals surface area contributed by atoms with Crippen LogP contribution in [0.25, 0.3) is 0 Å². The van der Waals surface area contributed by atoms with Crippen molar-refractivity contribution < 1.29 is 9.47 Å². The van der Waals surface area contributed by atoms with Gasteiger partial charge in [-0.05, 0) is 6.58 Å². The summed E-state index contributed by atoms with van der Waals surface area (Å²) in [6.45, 7) is 6.60. The summed E-state index contributed by atoms with van der Waals surface area (Å²) < 4.78 is 10.0. The predicted octanol–water partition coefficient (Wildman–Crippen LogP) is 0.0940. The van der Waals surface area contributed by atoms with Crippen LogP contribution in [0.15, 0.2) is 12.5 Å². The van der Waals surface area contributed by atoms with Crippen LogP contribution >= 0.6 is 0 Å². The molecule has 0 saturated carbocycles. The monoisotopic (exact) mass is 129 g/mol. The van der Waals surface area contributed by atoms with Gasteiger partial charge in [0.1, 0.15) is 13.2 Å². The maximum atomic E-state index is 5.00. The Morgan fingerprint density at radius 2 is 1.78 bits per heavy atom. The van der Waals surface area contributed by atoms with E-state index in [0.29, 0.717) is 19.2 Å². The van der Waals surface area contributed by atoms with E-state index in [1.807, 2.05) is 0 Å². The minimum atomic E-state index is 0.441. The van der Waals surface area contributed by atoms with E-state index in [4.69, 9.17) is 9.47 Å². The van der Waals surface area contributed by atoms with E-state index in [2.05, 4.69) is 11.9 Å². The fourth-order valence-electron chi connectivity index (χ4n) is 0.641. The van der Waals surface area contributed by atoms with Gasteiger partial charge in [0.25, 0.3) is 5.95 Å². The molecule has 1 aliphatic heterocycles. The lowest BCUT2D eigenvalue weighted by atomic mass is 10.6. The largest absolute Gasteiger partial charge is 0.465 e. The molecule has 0 aromatic carbocycles. The van der Waals surface area contributed by atoms with Crippen molar-refractivity contribution in [2.24, 2.45) is 0 Å². The van der Waals surface area contributed by atoms with Crippen LogP contribution in [0, 0.1) is 0 Å². The zero-order valence-electron chi connectivity index (χ0n) is 5.35. The van der Waals surface area contributed by atoms with Crippen molar-refractivity contribution in [3.05, 3.63) is 12.5 Å². The van der Waals surface area contributed by atoms with Gasteiger partial charge in [-0.2, -0.15) is 0 Å². The average Bonchev–Trinajstić information content (AvgIpc) is 1.79. The first kappa shape index (κ1) is 6.42. The van der Waals surface area contributed by atoms with Crippen LogP contribution in [0.4, 0.5) is 0 Å². The van der Waals surface area contributed by atoms with Crippen LogP contribution in [0.2, 0.25) is 0 Å². The Labute approximate surface area is 54.6 Å². The molecular weight excluding hydrogens is 118 g/mol. The maximum Gasteiger partial charge on any atom is 0.271 e. The van der Waals surface area contributed by atoms with Crippen LogP contribution in [0.5, 0.6) is 0 Å². The molecule has 0 spiro atoms. The smallest absolute Gasteiger partial charge is 0.271 e. The molecule has 1 saturated heterocycles. The van der Waals surface area contributed by atoms with Gasteiger partial charge in [-0.3, -0.25) is 0 Å². The van der Waals surface area contributed by atoms with Gasteiger partial charge < -0.3 is 14.8 Å². The summed E-state index contributed by atoms with van der Waals surface area (Å²) in [6, 6.07) is 0. The Balaban J connectivity index is 2.20. The first-order valence-electron chi connectivity index (χ1n) is 3.05. The lowest BCUT2D eigenvalue weighted by Gasteiger charge is -2.14. The van der Waals surface area contributed by atoms with Gasteiger partial charge in [0.05, 0.1) is 0 Å². The number of ether oxygens (including phenoxy) is 2. The van der Waals surface area contributed by atoms with Crippen molar-refractivity contribution >= 4 is 0 Å². The van der Waals surface area contributed by atoms with E-state index < -0.39 is 0 Å². The van der Waals surface area contributed by atoms with Crippen molar-refractivity contribution in [2.45, 2.75) is 0 Å². The van der Waals surface area contributed by atoms with Crippen molar-refractivity contribution in [1.82, 2.24) is 5.32 Å². The second-order valence-corrected chi connectivity index (χ2v) is 1.82. The molecule has 1 aliphatic rings. The molecule has 1 fully saturated rings. The number of rotatable bonds is 0. The van der Waals surface area contributed by atoms with Crippen molar-refractivity contribution in [2.75, 3.05) is 26.3 Å². The van der Waals surface area contributed by atoms with Crippen LogP contribution in [-0.4, -0.2) is 26.3 Å². The Bertz CT molecular complexity index is 93.2. The van der Waals surface area contributed by atoms with Crippen molar-refractivity contribution in [1.29, 1.82) is 0 Å². The number of hydrogen-bond donors (Lipinski definition) is 1. The van der Waals surface area contributed by atoms with E-state index in [1.54, 1.807) is 0 Å². The van der Waals surface area contributed by atoms with E-state index in [0.717, 1.165) is 13.1 Å². The molecule has 1 N–H and O–H groups in total. The molecule has 0 amide bonds. The average molecular weight is 129 g/mol. The van der Waals surface area contributed by atoms with Crippen molar-refractivity contribution in [3.63, 3.8) is 0 Å². The predicted molar refractivity (Wildman–Crippen MR) is 33.9 cm³/mol. The summed E-state index contributed by atoms with van der Waals surface area (Å²) in [6.07, 6.45) is 0. The van der Waals surface area contributed by atoms with Crippen LogP contribution in [-0.2, 0) is 9.47 Å². The second kappa shape index (κ2) is 3.35. The third-order valence-electron chi connectivity index (χ3n) is 1.08. The molecule has 0 aromatic rings. The Hall–Kier alpha value is -0.700. The van der Waals surface area contributed by atoms with Gasteiger partial charge in [-0.15, -0.1) is 0 Å². The summed E-state index contributed by atoms with van der Waals surface area (Å²) >= 11 is 0. The van der Waals surface area contributed by atoms with E-state index in [1.165, 1.54) is 0 Å². The molecule has 0 bridgehead atoms. The lowest BCUT2D eigenvalue weighted by molar-refractivity contribution is 0.0270. The highest BCUT2D eigenvalue weighted by Gasteiger charge is 1.98. The summed E-state index contributed by atoms with van der Waals surface area (Å²) in [5, 5.41) is 3.12. The lowest BCUT2D eigenvalue weighted by Crippen LogP contribution is -2.26. The van der Waals surface area contributed by atoms with Crippen LogP contribution in [0.1, 0.15) is 0 Å².